The number of aromatic nitrogens is 2. The van der Waals surface area contributed by atoms with Gasteiger partial charge >= 0.3 is 0 Å². The van der Waals surface area contributed by atoms with Crippen LogP contribution in [0.1, 0.15) is 21.7 Å². The summed E-state index contributed by atoms with van der Waals surface area (Å²) in [6, 6.07) is 17.5. The van der Waals surface area contributed by atoms with E-state index in [-0.39, 0.29) is 5.91 Å². The summed E-state index contributed by atoms with van der Waals surface area (Å²) in [5.74, 6) is 0.610. The van der Waals surface area contributed by atoms with Crippen molar-refractivity contribution in [3.8, 4) is 11.4 Å². The van der Waals surface area contributed by atoms with Crippen molar-refractivity contribution in [3.63, 3.8) is 0 Å². The first-order valence-electron chi connectivity index (χ1n) is 7.43. The van der Waals surface area contributed by atoms with E-state index >= 15 is 0 Å². The Morgan fingerprint density at radius 2 is 1.91 bits per heavy atom. The second-order valence-electron chi connectivity index (χ2n) is 5.33. The molecule has 4 rings (SSSR count). The highest BCUT2D eigenvalue weighted by atomic mass is 16.5. The Kier molecular flexibility index (Phi) is 3.31. The highest BCUT2D eigenvalue weighted by Gasteiger charge is 2.24. The summed E-state index contributed by atoms with van der Waals surface area (Å²) in [6.07, 6.45) is 1.67. The number of rotatable bonds is 3. The highest BCUT2D eigenvalue weighted by Crippen LogP contribution is 2.30. The molecule has 0 bridgehead atoms. The monoisotopic (exact) mass is 305 g/mol. The lowest BCUT2D eigenvalue weighted by Gasteiger charge is -2.20. The summed E-state index contributed by atoms with van der Waals surface area (Å²) in [5.41, 5.74) is 3.14. The lowest BCUT2D eigenvalue weighted by Crippen LogP contribution is -2.25. The average molecular weight is 305 g/mol. The van der Waals surface area contributed by atoms with Crippen molar-refractivity contribution in [2.75, 3.05) is 0 Å². The van der Waals surface area contributed by atoms with Gasteiger partial charge in [-0.15, -0.1) is 0 Å². The number of carbonyl (C=O) groups excluding carboxylic acids is 1. The largest absolute Gasteiger partial charge is 0.485 e. The number of nitrogens with zero attached hydrogens (tertiary/aromatic N) is 2. The predicted molar refractivity (Wildman–Crippen MR) is 85.5 cm³/mol. The third-order valence-corrected chi connectivity index (χ3v) is 3.87. The molecule has 1 aliphatic heterocycles. The van der Waals surface area contributed by atoms with Gasteiger partial charge in [0.15, 0.2) is 5.69 Å². The van der Waals surface area contributed by atoms with Crippen LogP contribution in [0.25, 0.3) is 5.69 Å². The van der Waals surface area contributed by atoms with Gasteiger partial charge in [0.25, 0.3) is 5.91 Å². The number of para-hydroxylation sites is 2. The van der Waals surface area contributed by atoms with E-state index in [0.29, 0.717) is 18.8 Å². The van der Waals surface area contributed by atoms with E-state index in [1.54, 1.807) is 6.33 Å². The van der Waals surface area contributed by atoms with Crippen molar-refractivity contribution < 1.29 is 9.53 Å². The molecule has 0 radical (unpaired) electrons. The molecule has 1 N–H and O–H groups in total. The lowest BCUT2D eigenvalue weighted by molar-refractivity contribution is 0.0943. The van der Waals surface area contributed by atoms with Crippen molar-refractivity contribution in [1.82, 2.24) is 14.9 Å². The van der Waals surface area contributed by atoms with Crippen LogP contribution in [-0.4, -0.2) is 15.5 Å². The van der Waals surface area contributed by atoms with Crippen LogP contribution < -0.4 is 10.1 Å². The van der Waals surface area contributed by atoms with Crippen LogP contribution in [0.5, 0.6) is 5.75 Å². The summed E-state index contributed by atoms with van der Waals surface area (Å²) >= 11 is 0. The molecule has 0 aliphatic carbocycles. The molecule has 3 aromatic rings. The zero-order valence-corrected chi connectivity index (χ0v) is 12.4. The minimum absolute atomic E-state index is 0.189. The Morgan fingerprint density at radius 3 is 2.78 bits per heavy atom. The fourth-order valence-corrected chi connectivity index (χ4v) is 2.70. The van der Waals surface area contributed by atoms with E-state index in [4.69, 9.17) is 4.74 Å². The van der Waals surface area contributed by atoms with Crippen LogP contribution in [-0.2, 0) is 13.2 Å². The van der Waals surface area contributed by atoms with Crippen LogP contribution in [0.15, 0.2) is 60.9 Å². The zero-order chi connectivity index (χ0) is 15.6. The van der Waals surface area contributed by atoms with Gasteiger partial charge in [-0.3, -0.25) is 9.36 Å². The molecule has 1 amide bonds. The van der Waals surface area contributed by atoms with Crippen LogP contribution in [0.2, 0.25) is 0 Å². The van der Waals surface area contributed by atoms with Gasteiger partial charge in [0.1, 0.15) is 18.7 Å². The summed E-state index contributed by atoms with van der Waals surface area (Å²) in [5, 5.41) is 2.91. The first kappa shape index (κ1) is 13.6. The van der Waals surface area contributed by atoms with Crippen molar-refractivity contribution in [1.29, 1.82) is 0 Å². The zero-order valence-electron chi connectivity index (χ0n) is 12.4. The van der Waals surface area contributed by atoms with Crippen molar-refractivity contribution in [2.45, 2.75) is 13.2 Å². The van der Waals surface area contributed by atoms with E-state index in [0.717, 1.165) is 22.7 Å². The molecule has 5 heteroatoms. The van der Waals surface area contributed by atoms with Gasteiger partial charge in [0, 0.05) is 6.54 Å². The topological polar surface area (TPSA) is 56.2 Å². The normalized spacial score (nSPS) is 12.0. The second-order valence-corrected chi connectivity index (χ2v) is 5.33. The van der Waals surface area contributed by atoms with Crippen LogP contribution in [0, 0.1) is 0 Å². The Labute approximate surface area is 133 Å². The average Bonchev–Trinajstić information content (AvgIpc) is 3.05. The number of hydrogen-bond acceptors (Lipinski definition) is 3. The molecule has 0 unspecified atom stereocenters. The van der Waals surface area contributed by atoms with Gasteiger partial charge in [0.05, 0.1) is 11.4 Å². The molecule has 0 saturated carbocycles. The maximum atomic E-state index is 12.4. The third-order valence-electron chi connectivity index (χ3n) is 3.87. The molecule has 2 aromatic carbocycles. The first-order valence-corrected chi connectivity index (χ1v) is 7.43. The third kappa shape index (κ3) is 2.46. The molecule has 0 atom stereocenters. The molecule has 1 aromatic heterocycles. The Morgan fingerprint density at radius 1 is 1.13 bits per heavy atom. The molecule has 0 spiro atoms. The standard InChI is InChI=1S/C18H15N3O2/c22-18(19-10-13-6-2-1-3-7-13)17-15-11-23-16-9-5-4-8-14(16)21(15)12-20-17/h1-9,12H,10-11H2,(H,19,22). The maximum absolute atomic E-state index is 12.4. The SMILES string of the molecule is O=C(NCc1ccccc1)c1ncn2c1COc1ccccc1-2. The van der Waals surface area contributed by atoms with E-state index in [9.17, 15) is 4.79 Å². The summed E-state index contributed by atoms with van der Waals surface area (Å²) in [4.78, 5) is 16.7. The van der Waals surface area contributed by atoms with E-state index in [2.05, 4.69) is 10.3 Å². The molecule has 23 heavy (non-hydrogen) atoms. The second kappa shape index (κ2) is 5.61. The van der Waals surface area contributed by atoms with Crippen LogP contribution in [0.4, 0.5) is 0 Å². The number of imidazole rings is 1. The van der Waals surface area contributed by atoms with Gasteiger partial charge in [-0.2, -0.15) is 0 Å². The quantitative estimate of drug-likeness (QED) is 0.809. The fourth-order valence-electron chi connectivity index (χ4n) is 2.70. The molecule has 114 valence electrons. The number of carbonyl (C=O) groups is 1. The van der Waals surface area contributed by atoms with Gasteiger partial charge in [-0.25, -0.2) is 4.98 Å². The molecular weight excluding hydrogens is 290 g/mol. The number of ether oxygens (including phenoxy) is 1. The molecule has 2 heterocycles. The predicted octanol–water partition coefficient (Wildman–Crippen LogP) is 2.69. The summed E-state index contributed by atoms with van der Waals surface area (Å²) in [6.45, 7) is 0.814. The number of amides is 1. The van der Waals surface area contributed by atoms with Crippen molar-refractivity contribution in [3.05, 3.63) is 77.9 Å². The van der Waals surface area contributed by atoms with Crippen molar-refractivity contribution >= 4 is 5.91 Å². The van der Waals surface area contributed by atoms with E-state index in [1.807, 2.05) is 59.2 Å². The smallest absolute Gasteiger partial charge is 0.272 e. The minimum Gasteiger partial charge on any atom is -0.485 e. The molecule has 0 saturated heterocycles. The first-order chi connectivity index (χ1) is 11.3. The van der Waals surface area contributed by atoms with Crippen LogP contribution >= 0.6 is 0 Å². The Bertz CT molecular complexity index is 856. The molecule has 5 nitrogen and oxygen atoms in total. The number of hydrogen-bond donors (Lipinski definition) is 1. The maximum Gasteiger partial charge on any atom is 0.272 e. The van der Waals surface area contributed by atoms with Gasteiger partial charge in [-0.05, 0) is 17.7 Å². The molecular formula is C18H15N3O2. The van der Waals surface area contributed by atoms with Gasteiger partial charge in [-0.1, -0.05) is 42.5 Å². The lowest BCUT2D eigenvalue weighted by atomic mass is 10.2. The van der Waals surface area contributed by atoms with E-state index in [1.165, 1.54) is 0 Å². The Hall–Kier alpha value is -3.08. The summed E-state index contributed by atoms with van der Waals surface area (Å²) in [7, 11) is 0. The molecule has 1 aliphatic rings. The number of nitrogens with one attached hydrogen (secondary N) is 1. The Balaban J connectivity index is 1.57. The summed E-state index contributed by atoms with van der Waals surface area (Å²) < 4.78 is 7.63. The van der Waals surface area contributed by atoms with Crippen molar-refractivity contribution in [2.24, 2.45) is 0 Å². The fraction of sp³-hybridized carbons (Fsp3) is 0.111. The molecule has 0 fully saturated rings. The van der Waals surface area contributed by atoms with Crippen LogP contribution in [0.3, 0.4) is 0 Å². The highest BCUT2D eigenvalue weighted by molar-refractivity contribution is 5.93. The minimum atomic E-state index is -0.189. The van der Waals surface area contributed by atoms with Gasteiger partial charge < -0.3 is 10.1 Å². The number of fused-ring (bicyclic) bond motifs is 3. The van der Waals surface area contributed by atoms with E-state index < -0.39 is 0 Å². The number of benzene rings is 2. The van der Waals surface area contributed by atoms with Gasteiger partial charge in [0.2, 0.25) is 0 Å².